The molecule has 5 nitrogen and oxygen atoms in total. The Balaban J connectivity index is 2.11. The molecule has 1 N–H and O–H groups in total. The lowest BCUT2D eigenvalue weighted by molar-refractivity contribution is -0.146. The van der Waals surface area contributed by atoms with Crippen LogP contribution < -0.4 is 9.47 Å². The van der Waals surface area contributed by atoms with Gasteiger partial charge in [-0.25, -0.2) is 0 Å². The summed E-state index contributed by atoms with van der Waals surface area (Å²) in [7, 11) is 3.71. The van der Waals surface area contributed by atoms with E-state index < -0.39 is 11.4 Å². The minimum absolute atomic E-state index is 0.170. The number of carboxylic acid groups (broad SMARTS) is 1. The first-order chi connectivity index (χ1) is 10.8. The summed E-state index contributed by atoms with van der Waals surface area (Å²) in [6, 6.07) is 5.70. The summed E-state index contributed by atoms with van der Waals surface area (Å²) >= 11 is 0. The number of piperidine rings is 1. The maximum Gasteiger partial charge on any atom is 0.309 e. The topological polar surface area (TPSA) is 59.0 Å². The molecule has 2 rings (SSSR count). The zero-order valence-electron chi connectivity index (χ0n) is 14.5. The summed E-state index contributed by atoms with van der Waals surface area (Å²) in [5, 5.41) is 9.26. The van der Waals surface area contributed by atoms with Gasteiger partial charge >= 0.3 is 5.97 Å². The van der Waals surface area contributed by atoms with Gasteiger partial charge in [-0.3, -0.25) is 4.79 Å². The van der Waals surface area contributed by atoms with E-state index in [1.165, 1.54) is 0 Å². The molecule has 1 aromatic rings. The van der Waals surface area contributed by atoms with Crippen molar-refractivity contribution in [1.82, 2.24) is 4.90 Å². The molecule has 5 heteroatoms. The molecule has 1 unspecified atom stereocenters. The molecule has 1 aliphatic heterocycles. The third-order valence-corrected chi connectivity index (χ3v) is 4.33. The summed E-state index contributed by atoms with van der Waals surface area (Å²) in [5.41, 5.74) is 0.127. The van der Waals surface area contributed by atoms with Gasteiger partial charge in [-0.1, -0.05) is 6.07 Å². The Morgan fingerprint density at radius 2 is 2.13 bits per heavy atom. The van der Waals surface area contributed by atoms with E-state index in [4.69, 9.17) is 9.47 Å². The number of carbonyl (C=O) groups is 1. The first kappa shape index (κ1) is 17.6. The molecule has 1 aromatic carbocycles. The number of hydrogen-bond donors (Lipinski definition) is 1. The van der Waals surface area contributed by atoms with E-state index >= 15 is 0 Å². The number of hydrogen-bond acceptors (Lipinski definition) is 4. The summed E-state index contributed by atoms with van der Waals surface area (Å²) in [4.78, 5) is 13.5. The molecule has 0 radical (unpaired) electrons. The molecule has 0 saturated carbocycles. The van der Waals surface area contributed by atoms with E-state index in [2.05, 4.69) is 11.9 Å². The van der Waals surface area contributed by atoms with Crippen LogP contribution in [0.3, 0.4) is 0 Å². The number of nitrogens with zero attached hydrogens (tertiary/aromatic N) is 1. The standard InChI is InChI=1S/C18H27NO4/c1-18(2,17(20)21)11-13-7-8-15(16(10-13)22-4)23-14-6-5-9-19(3)12-14/h7-8,10,14H,5-6,9,11-12H2,1-4H3,(H,20,21). The van der Waals surface area contributed by atoms with Crippen LogP contribution in [0.15, 0.2) is 18.2 Å². The Morgan fingerprint density at radius 3 is 2.74 bits per heavy atom. The van der Waals surface area contributed by atoms with Crippen molar-refractivity contribution in [2.45, 2.75) is 39.2 Å². The van der Waals surface area contributed by atoms with Crippen LogP contribution in [0.5, 0.6) is 11.5 Å². The Hall–Kier alpha value is -1.75. The summed E-state index contributed by atoms with van der Waals surface area (Å²) in [6.45, 7) is 5.48. The number of ether oxygens (including phenoxy) is 2. The van der Waals surface area contributed by atoms with Gasteiger partial charge < -0.3 is 19.5 Å². The molecule has 0 aromatic heterocycles. The number of likely N-dealkylation sites (tertiary alicyclic amines) is 1. The van der Waals surface area contributed by atoms with Crippen molar-refractivity contribution >= 4 is 5.97 Å². The highest BCUT2D eigenvalue weighted by Gasteiger charge is 2.28. The van der Waals surface area contributed by atoms with Gasteiger partial charge in [-0.05, 0) is 64.4 Å². The van der Waals surface area contributed by atoms with Crippen LogP contribution in [0, 0.1) is 5.41 Å². The summed E-state index contributed by atoms with van der Waals surface area (Å²) < 4.78 is 11.5. The molecule has 23 heavy (non-hydrogen) atoms. The first-order valence-electron chi connectivity index (χ1n) is 8.07. The number of benzene rings is 1. The molecular formula is C18H27NO4. The second-order valence-electron chi connectivity index (χ2n) is 7.00. The fourth-order valence-electron chi connectivity index (χ4n) is 2.90. The number of carboxylic acids is 1. The van der Waals surface area contributed by atoms with Crippen LogP contribution in [0.1, 0.15) is 32.3 Å². The molecule has 1 aliphatic rings. The van der Waals surface area contributed by atoms with Gasteiger partial charge in [0, 0.05) is 6.54 Å². The van der Waals surface area contributed by atoms with Crippen LogP contribution in [-0.2, 0) is 11.2 Å². The second-order valence-corrected chi connectivity index (χ2v) is 7.00. The largest absolute Gasteiger partial charge is 0.493 e. The fraction of sp³-hybridized carbons (Fsp3) is 0.611. The molecule has 1 heterocycles. The highest BCUT2D eigenvalue weighted by Crippen LogP contribution is 2.32. The monoisotopic (exact) mass is 321 g/mol. The molecule has 0 aliphatic carbocycles. The molecule has 1 atom stereocenters. The molecule has 1 fully saturated rings. The zero-order valence-corrected chi connectivity index (χ0v) is 14.5. The predicted molar refractivity (Wildman–Crippen MR) is 89.3 cm³/mol. The molecule has 0 amide bonds. The van der Waals surface area contributed by atoms with Gasteiger partial charge in [-0.2, -0.15) is 0 Å². The SMILES string of the molecule is COc1cc(CC(C)(C)C(=O)O)ccc1OC1CCCN(C)C1. The van der Waals surface area contributed by atoms with Gasteiger partial charge in [0.25, 0.3) is 0 Å². The Morgan fingerprint density at radius 1 is 1.39 bits per heavy atom. The van der Waals surface area contributed by atoms with E-state index in [1.807, 2.05) is 18.2 Å². The summed E-state index contributed by atoms with van der Waals surface area (Å²) in [6.07, 6.45) is 2.80. The Bertz CT molecular complexity index is 556. The number of rotatable bonds is 6. The predicted octanol–water partition coefficient (Wildman–Crippen LogP) is 2.82. The van der Waals surface area contributed by atoms with Gasteiger partial charge in [0.05, 0.1) is 12.5 Å². The minimum atomic E-state index is -0.806. The van der Waals surface area contributed by atoms with Crippen LogP contribution >= 0.6 is 0 Å². The zero-order chi connectivity index (χ0) is 17.0. The van der Waals surface area contributed by atoms with Crippen molar-refractivity contribution in [1.29, 1.82) is 0 Å². The Kier molecular flexibility index (Phi) is 5.52. The number of methoxy groups -OCH3 is 1. The normalized spacial score (nSPS) is 19.4. The third kappa shape index (κ3) is 4.61. The van der Waals surface area contributed by atoms with Gasteiger partial charge in [-0.15, -0.1) is 0 Å². The van der Waals surface area contributed by atoms with E-state index in [0.29, 0.717) is 12.2 Å². The van der Waals surface area contributed by atoms with Crippen molar-refractivity contribution in [2.24, 2.45) is 5.41 Å². The highest BCUT2D eigenvalue weighted by molar-refractivity contribution is 5.74. The van der Waals surface area contributed by atoms with Crippen LogP contribution in [0.4, 0.5) is 0 Å². The van der Waals surface area contributed by atoms with Crippen molar-refractivity contribution in [3.8, 4) is 11.5 Å². The maximum atomic E-state index is 11.3. The molecular weight excluding hydrogens is 294 g/mol. The van der Waals surface area contributed by atoms with E-state index in [1.54, 1.807) is 21.0 Å². The second kappa shape index (κ2) is 7.21. The maximum absolute atomic E-state index is 11.3. The third-order valence-electron chi connectivity index (χ3n) is 4.33. The lowest BCUT2D eigenvalue weighted by Crippen LogP contribution is -2.38. The van der Waals surface area contributed by atoms with Crippen molar-refractivity contribution in [2.75, 3.05) is 27.2 Å². The van der Waals surface area contributed by atoms with Gasteiger partial charge in [0.1, 0.15) is 6.10 Å². The lowest BCUT2D eigenvalue weighted by Gasteiger charge is -2.30. The van der Waals surface area contributed by atoms with Crippen molar-refractivity contribution < 1.29 is 19.4 Å². The fourth-order valence-corrected chi connectivity index (χ4v) is 2.90. The minimum Gasteiger partial charge on any atom is -0.493 e. The highest BCUT2D eigenvalue weighted by atomic mass is 16.5. The van der Waals surface area contributed by atoms with Crippen molar-refractivity contribution in [3.63, 3.8) is 0 Å². The average molecular weight is 321 g/mol. The molecule has 0 spiro atoms. The van der Waals surface area contributed by atoms with Crippen LogP contribution in [0.2, 0.25) is 0 Å². The summed E-state index contributed by atoms with van der Waals surface area (Å²) in [5.74, 6) is 0.587. The van der Waals surface area contributed by atoms with Crippen LogP contribution in [0.25, 0.3) is 0 Å². The average Bonchev–Trinajstić information content (AvgIpc) is 2.48. The Labute approximate surface area is 138 Å². The lowest BCUT2D eigenvalue weighted by atomic mass is 9.86. The van der Waals surface area contributed by atoms with Gasteiger partial charge in [0.15, 0.2) is 11.5 Å². The van der Waals surface area contributed by atoms with Gasteiger partial charge in [0.2, 0.25) is 0 Å². The van der Waals surface area contributed by atoms with Crippen LogP contribution in [-0.4, -0.2) is 49.3 Å². The smallest absolute Gasteiger partial charge is 0.309 e. The number of aliphatic carboxylic acids is 1. The van der Waals surface area contributed by atoms with Crippen molar-refractivity contribution in [3.05, 3.63) is 23.8 Å². The van der Waals surface area contributed by atoms with E-state index in [9.17, 15) is 9.90 Å². The van der Waals surface area contributed by atoms with E-state index in [0.717, 1.165) is 37.2 Å². The molecule has 128 valence electrons. The molecule has 1 saturated heterocycles. The number of likely N-dealkylation sites (N-methyl/N-ethyl adjacent to an activating group) is 1. The first-order valence-corrected chi connectivity index (χ1v) is 8.07. The molecule has 0 bridgehead atoms. The van der Waals surface area contributed by atoms with E-state index in [-0.39, 0.29) is 6.10 Å². The quantitative estimate of drug-likeness (QED) is 0.873.